The van der Waals surface area contributed by atoms with Gasteiger partial charge in [-0.15, -0.1) is 0 Å². The first kappa shape index (κ1) is 19.8. The van der Waals surface area contributed by atoms with E-state index in [-0.39, 0.29) is 0 Å². The van der Waals surface area contributed by atoms with Crippen LogP contribution in [0.5, 0.6) is 0 Å². The lowest BCUT2D eigenvalue weighted by Gasteiger charge is -2.06. The molecule has 0 radical (unpaired) electrons. The highest BCUT2D eigenvalue weighted by atomic mass is 79.9. The molecular formula is C22H14Br4. The normalized spacial score (nSPS) is 11.5. The van der Waals surface area contributed by atoms with Gasteiger partial charge in [0.15, 0.2) is 0 Å². The first-order valence-corrected chi connectivity index (χ1v) is 11.1. The molecule has 0 N–H and O–H groups in total. The first-order chi connectivity index (χ1) is 12.5. The molecule has 0 unspecified atom stereocenters. The number of hydrogen-bond acceptors (Lipinski definition) is 0. The summed E-state index contributed by atoms with van der Waals surface area (Å²) in [5.74, 6) is 0. The third-order valence-electron chi connectivity index (χ3n) is 3.81. The molecule has 0 saturated carbocycles. The Hall–Kier alpha value is -0.940. The van der Waals surface area contributed by atoms with Crippen molar-refractivity contribution in [3.63, 3.8) is 0 Å². The SMILES string of the molecule is Brc1ccccc1C=Cc1cc(Br)c(C=Cc2ccccc2Br)cc1Br. The summed E-state index contributed by atoms with van der Waals surface area (Å²) in [4.78, 5) is 0. The minimum Gasteiger partial charge on any atom is -0.0616 e. The number of hydrogen-bond donors (Lipinski definition) is 0. The monoisotopic (exact) mass is 594 g/mol. The topological polar surface area (TPSA) is 0 Å². The molecular weight excluding hydrogens is 584 g/mol. The van der Waals surface area contributed by atoms with Crippen LogP contribution in [0.2, 0.25) is 0 Å². The number of benzene rings is 3. The Morgan fingerprint density at radius 3 is 1.15 bits per heavy atom. The van der Waals surface area contributed by atoms with Gasteiger partial charge in [-0.1, -0.05) is 124 Å². The maximum atomic E-state index is 3.69. The van der Waals surface area contributed by atoms with Crippen molar-refractivity contribution in [1.29, 1.82) is 0 Å². The zero-order valence-electron chi connectivity index (χ0n) is 13.6. The Bertz CT molecular complexity index is 906. The second-order valence-corrected chi connectivity index (χ2v) is 9.02. The largest absolute Gasteiger partial charge is 0.0616 e. The van der Waals surface area contributed by atoms with Crippen molar-refractivity contribution in [2.75, 3.05) is 0 Å². The van der Waals surface area contributed by atoms with Crippen LogP contribution in [0.3, 0.4) is 0 Å². The smallest absolute Gasteiger partial charge is 0.0254 e. The fourth-order valence-electron chi connectivity index (χ4n) is 2.41. The Balaban J connectivity index is 1.87. The maximum Gasteiger partial charge on any atom is 0.0254 e. The van der Waals surface area contributed by atoms with Crippen LogP contribution in [-0.4, -0.2) is 0 Å². The van der Waals surface area contributed by atoms with Gasteiger partial charge in [0.1, 0.15) is 0 Å². The molecule has 0 aromatic heterocycles. The number of rotatable bonds is 4. The molecule has 0 fully saturated rings. The first-order valence-electron chi connectivity index (χ1n) is 7.89. The molecule has 0 nitrogen and oxygen atoms in total. The summed E-state index contributed by atoms with van der Waals surface area (Å²) in [5.41, 5.74) is 4.53. The zero-order valence-corrected chi connectivity index (χ0v) is 19.9. The summed E-state index contributed by atoms with van der Waals surface area (Å²) in [7, 11) is 0. The molecule has 0 aliphatic rings. The Morgan fingerprint density at radius 1 is 0.423 bits per heavy atom. The van der Waals surface area contributed by atoms with Gasteiger partial charge in [0, 0.05) is 17.9 Å². The van der Waals surface area contributed by atoms with E-state index >= 15 is 0 Å². The van der Waals surface area contributed by atoms with Crippen LogP contribution in [0.4, 0.5) is 0 Å². The molecule has 0 aliphatic heterocycles. The molecule has 0 atom stereocenters. The van der Waals surface area contributed by atoms with Gasteiger partial charge in [-0.25, -0.2) is 0 Å². The van der Waals surface area contributed by atoms with E-state index in [0.717, 1.165) is 40.1 Å². The Labute approximate surface area is 187 Å². The minimum absolute atomic E-state index is 1.05. The average molecular weight is 598 g/mol. The van der Waals surface area contributed by atoms with Crippen LogP contribution < -0.4 is 0 Å². The summed E-state index contributed by atoms with van der Waals surface area (Å²) in [6, 6.07) is 20.6. The standard InChI is InChI=1S/C22H14Br4/c23-19-7-3-1-5-15(19)9-11-17-13-22(26)18(14-21(17)25)12-10-16-6-2-4-8-20(16)24/h1-14H. The van der Waals surface area contributed by atoms with E-state index in [9.17, 15) is 0 Å². The van der Waals surface area contributed by atoms with E-state index < -0.39 is 0 Å². The summed E-state index contributed by atoms with van der Waals surface area (Å²) >= 11 is 14.5. The van der Waals surface area contributed by atoms with E-state index in [1.165, 1.54) is 0 Å². The third kappa shape index (κ3) is 5.07. The summed E-state index contributed by atoms with van der Waals surface area (Å²) < 4.78 is 4.27. The molecule has 3 rings (SSSR count). The summed E-state index contributed by atoms with van der Waals surface area (Å²) in [6.07, 6.45) is 8.42. The average Bonchev–Trinajstić information content (AvgIpc) is 2.63. The van der Waals surface area contributed by atoms with Crippen LogP contribution in [0.25, 0.3) is 24.3 Å². The third-order valence-corrected chi connectivity index (χ3v) is 6.63. The fourth-order valence-corrected chi connectivity index (χ4v) is 4.23. The van der Waals surface area contributed by atoms with E-state index in [1.54, 1.807) is 0 Å². The quantitative estimate of drug-likeness (QED) is 0.263. The molecule has 4 heteroatoms. The lowest BCUT2D eigenvalue weighted by Crippen LogP contribution is -1.83. The lowest BCUT2D eigenvalue weighted by molar-refractivity contribution is 1.52. The van der Waals surface area contributed by atoms with Gasteiger partial charge in [-0.05, 0) is 46.5 Å². The van der Waals surface area contributed by atoms with Gasteiger partial charge in [-0.3, -0.25) is 0 Å². The van der Waals surface area contributed by atoms with E-state index in [2.05, 4.69) is 112 Å². The van der Waals surface area contributed by atoms with Crippen molar-refractivity contribution in [2.24, 2.45) is 0 Å². The minimum atomic E-state index is 1.05. The molecule has 130 valence electrons. The van der Waals surface area contributed by atoms with Crippen molar-refractivity contribution in [3.8, 4) is 0 Å². The van der Waals surface area contributed by atoms with Gasteiger partial charge in [0.25, 0.3) is 0 Å². The molecule has 0 spiro atoms. The lowest BCUT2D eigenvalue weighted by atomic mass is 10.1. The molecule has 0 amide bonds. The second kappa shape index (κ2) is 9.32. The van der Waals surface area contributed by atoms with Gasteiger partial charge >= 0.3 is 0 Å². The molecule has 0 aliphatic carbocycles. The summed E-state index contributed by atoms with van der Waals surface area (Å²) in [6.45, 7) is 0. The fraction of sp³-hybridized carbons (Fsp3) is 0. The molecule has 26 heavy (non-hydrogen) atoms. The zero-order chi connectivity index (χ0) is 18.5. The van der Waals surface area contributed by atoms with Crippen molar-refractivity contribution in [2.45, 2.75) is 0 Å². The maximum absolute atomic E-state index is 3.69. The van der Waals surface area contributed by atoms with Gasteiger partial charge in [0.2, 0.25) is 0 Å². The van der Waals surface area contributed by atoms with Crippen LogP contribution in [0.1, 0.15) is 22.3 Å². The van der Waals surface area contributed by atoms with E-state index in [1.807, 2.05) is 36.4 Å². The van der Waals surface area contributed by atoms with Crippen molar-refractivity contribution in [3.05, 3.63) is 101 Å². The predicted octanol–water partition coefficient (Wildman–Crippen LogP) is 9.08. The molecule has 0 heterocycles. The number of halogens is 4. The van der Waals surface area contributed by atoms with Gasteiger partial charge in [0.05, 0.1) is 0 Å². The van der Waals surface area contributed by atoms with Crippen LogP contribution in [-0.2, 0) is 0 Å². The highest BCUT2D eigenvalue weighted by molar-refractivity contribution is 9.11. The van der Waals surface area contributed by atoms with Gasteiger partial charge < -0.3 is 0 Å². The van der Waals surface area contributed by atoms with Crippen LogP contribution in [0, 0.1) is 0 Å². The van der Waals surface area contributed by atoms with Crippen molar-refractivity contribution >= 4 is 88.0 Å². The van der Waals surface area contributed by atoms with Gasteiger partial charge in [-0.2, -0.15) is 0 Å². The predicted molar refractivity (Wildman–Crippen MR) is 128 cm³/mol. The Kier molecular flexibility index (Phi) is 7.10. The molecule has 0 bridgehead atoms. The van der Waals surface area contributed by atoms with Crippen LogP contribution >= 0.6 is 63.7 Å². The van der Waals surface area contributed by atoms with E-state index in [4.69, 9.17) is 0 Å². The van der Waals surface area contributed by atoms with Crippen molar-refractivity contribution < 1.29 is 0 Å². The van der Waals surface area contributed by atoms with Crippen molar-refractivity contribution in [1.82, 2.24) is 0 Å². The van der Waals surface area contributed by atoms with Crippen LogP contribution in [0.15, 0.2) is 78.6 Å². The second-order valence-electron chi connectivity index (χ2n) is 5.60. The van der Waals surface area contributed by atoms with E-state index in [0.29, 0.717) is 0 Å². The molecule has 3 aromatic rings. The highest BCUT2D eigenvalue weighted by Crippen LogP contribution is 2.30. The summed E-state index contributed by atoms with van der Waals surface area (Å²) in [5, 5.41) is 0. The highest BCUT2D eigenvalue weighted by Gasteiger charge is 2.04. The molecule has 3 aromatic carbocycles. The molecule has 0 saturated heterocycles. The Morgan fingerprint density at radius 2 is 0.769 bits per heavy atom.